The number of aromatic nitrogens is 1. The fraction of sp³-hybridized carbons (Fsp3) is 0.200. The Morgan fingerprint density at radius 2 is 1.86 bits per heavy atom. The average molecular weight is 418 g/mol. The fourth-order valence-electron chi connectivity index (χ4n) is 2.31. The normalized spacial score (nSPS) is 10.0. The number of hydrogen-bond acceptors (Lipinski definition) is 7. The van der Waals surface area contributed by atoms with Gasteiger partial charge in [-0.05, 0) is 31.5 Å². The number of rotatable bonds is 6. The molecule has 0 amide bonds. The van der Waals surface area contributed by atoms with Gasteiger partial charge in [-0.15, -0.1) is 0 Å². The summed E-state index contributed by atoms with van der Waals surface area (Å²) in [6.45, 7) is 4.58. The highest BCUT2D eigenvalue weighted by molar-refractivity contribution is 7.78. The largest absolute Gasteiger partial charge is 0.495 e. The second-order valence-electron chi connectivity index (χ2n) is 5.88. The van der Waals surface area contributed by atoms with Gasteiger partial charge in [0, 0.05) is 6.54 Å². The second-order valence-corrected chi connectivity index (χ2v) is 7.20. The Kier molecular flexibility index (Phi) is 8.31. The number of aromatic carboxylic acids is 1. The third-order valence-electron chi connectivity index (χ3n) is 3.74. The Morgan fingerprint density at radius 1 is 1.18 bits per heavy atom. The van der Waals surface area contributed by atoms with Crippen molar-refractivity contribution in [2.24, 2.45) is 0 Å². The van der Waals surface area contributed by atoms with Crippen molar-refractivity contribution in [2.75, 3.05) is 12.4 Å². The minimum atomic E-state index is -0.960. The molecule has 0 aliphatic carbocycles. The number of carboxylic acids is 1. The number of ether oxygens (including phenoxy) is 1. The molecular formula is C20H23N3O3S2. The fourth-order valence-corrected chi connectivity index (χ4v) is 3.31. The summed E-state index contributed by atoms with van der Waals surface area (Å²) in [6, 6.07) is 15.8. The number of aryl methyl sites for hydroxylation is 2. The summed E-state index contributed by atoms with van der Waals surface area (Å²) < 4.78 is 8.00. The van der Waals surface area contributed by atoms with Crippen molar-refractivity contribution in [3.05, 3.63) is 70.2 Å². The maximum atomic E-state index is 10.9. The highest BCUT2D eigenvalue weighted by Crippen LogP contribution is 2.30. The van der Waals surface area contributed by atoms with Crippen LogP contribution in [0.1, 0.15) is 26.5 Å². The zero-order chi connectivity index (χ0) is 20.5. The second kappa shape index (κ2) is 10.7. The van der Waals surface area contributed by atoms with E-state index in [9.17, 15) is 4.79 Å². The molecule has 0 unspecified atom stereocenters. The van der Waals surface area contributed by atoms with Crippen LogP contribution in [-0.4, -0.2) is 23.2 Å². The first-order valence-corrected chi connectivity index (χ1v) is 9.74. The number of hydrogen-bond donors (Lipinski definition) is 4. The molecule has 0 saturated heterocycles. The van der Waals surface area contributed by atoms with Crippen molar-refractivity contribution in [1.82, 2.24) is 9.71 Å². The number of methoxy groups -OCH3 is 1. The summed E-state index contributed by atoms with van der Waals surface area (Å²) in [5.41, 5.74) is 3.82. The zero-order valence-corrected chi connectivity index (χ0v) is 17.6. The maximum absolute atomic E-state index is 10.9. The lowest BCUT2D eigenvalue weighted by molar-refractivity contribution is 0.0701. The Morgan fingerprint density at radius 3 is 2.43 bits per heavy atom. The van der Waals surface area contributed by atoms with Crippen molar-refractivity contribution in [3.63, 3.8) is 0 Å². The van der Waals surface area contributed by atoms with E-state index in [0.717, 1.165) is 23.6 Å². The van der Waals surface area contributed by atoms with E-state index in [1.165, 1.54) is 11.1 Å². The van der Waals surface area contributed by atoms with E-state index in [4.69, 9.17) is 9.84 Å². The zero-order valence-electron chi connectivity index (χ0n) is 15.9. The van der Waals surface area contributed by atoms with E-state index >= 15 is 0 Å². The molecule has 1 aromatic heterocycles. The lowest BCUT2D eigenvalue weighted by Gasteiger charge is -2.07. The summed E-state index contributed by atoms with van der Waals surface area (Å²) in [7, 11) is 1.58. The Labute approximate surface area is 174 Å². The third kappa shape index (κ3) is 6.26. The Hall–Kier alpha value is -2.55. The number of carbonyl (C=O) groups is 1. The van der Waals surface area contributed by atoms with E-state index < -0.39 is 5.97 Å². The van der Waals surface area contributed by atoms with Gasteiger partial charge >= 0.3 is 5.97 Å². The standard InChI is InChI=1S/C12H12N2O3S.C8H11NS/c1-7-10(11(15)16)18-12(13-7)14-8-5-3-4-6-9(8)17-2;1-7-2-4-8(5-3-7)6-9-10/h3-6H,1-2H3,(H,13,14)(H,15,16);2-5,9-10H,6H2,1H3. The van der Waals surface area contributed by atoms with Crippen LogP contribution in [0.4, 0.5) is 10.8 Å². The van der Waals surface area contributed by atoms with Gasteiger partial charge in [0.2, 0.25) is 0 Å². The van der Waals surface area contributed by atoms with Gasteiger partial charge in [-0.25, -0.2) is 9.78 Å². The molecule has 8 heteroatoms. The molecule has 3 aromatic rings. The lowest BCUT2D eigenvalue weighted by atomic mass is 10.2. The molecule has 148 valence electrons. The number of para-hydroxylation sites is 2. The first kappa shape index (κ1) is 21.7. The van der Waals surface area contributed by atoms with E-state index in [2.05, 4.69) is 59.0 Å². The first-order valence-electron chi connectivity index (χ1n) is 8.47. The number of benzene rings is 2. The molecule has 0 fully saturated rings. The number of nitrogens with zero attached hydrogens (tertiary/aromatic N) is 1. The summed E-state index contributed by atoms with van der Waals surface area (Å²) in [5, 5.41) is 12.6. The molecule has 0 spiro atoms. The van der Waals surface area contributed by atoms with Crippen molar-refractivity contribution in [3.8, 4) is 5.75 Å². The Bertz CT molecular complexity index is 911. The topological polar surface area (TPSA) is 83.5 Å². The van der Waals surface area contributed by atoms with Crippen LogP contribution >= 0.6 is 24.2 Å². The molecular weight excluding hydrogens is 394 g/mol. The van der Waals surface area contributed by atoms with Crippen LogP contribution in [0.5, 0.6) is 5.75 Å². The van der Waals surface area contributed by atoms with Gasteiger partial charge in [0.05, 0.1) is 18.5 Å². The van der Waals surface area contributed by atoms with Gasteiger partial charge in [-0.1, -0.05) is 66.1 Å². The van der Waals surface area contributed by atoms with E-state index in [1.807, 2.05) is 24.3 Å². The van der Waals surface area contributed by atoms with Crippen LogP contribution in [0.25, 0.3) is 0 Å². The highest BCUT2D eigenvalue weighted by Gasteiger charge is 2.14. The van der Waals surface area contributed by atoms with E-state index in [0.29, 0.717) is 16.6 Å². The third-order valence-corrected chi connectivity index (χ3v) is 4.96. The number of thiol groups is 1. The van der Waals surface area contributed by atoms with Crippen molar-refractivity contribution < 1.29 is 14.6 Å². The van der Waals surface area contributed by atoms with Crippen molar-refractivity contribution in [1.29, 1.82) is 0 Å². The summed E-state index contributed by atoms with van der Waals surface area (Å²) in [5.74, 6) is -0.277. The molecule has 0 atom stereocenters. The number of nitrogens with one attached hydrogen (secondary N) is 2. The smallest absolute Gasteiger partial charge is 0.347 e. The van der Waals surface area contributed by atoms with Gasteiger partial charge < -0.3 is 15.2 Å². The molecule has 6 nitrogen and oxygen atoms in total. The monoisotopic (exact) mass is 417 g/mol. The molecule has 3 N–H and O–H groups in total. The van der Waals surface area contributed by atoms with E-state index in [1.54, 1.807) is 14.0 Å². The van der Waals surface area contributed by atoms with Crippen molar-refractivity contribution in [2.45, 2.75) is 20.4 Å². The molecule has 3 rings (SSSR count). The maximum Gasteiger partial charge on any atom is 0.347 e. The highest BCUT2D eigenvalue weighted by atomic mass is 32.1. The molecule has 28 heavy (non-hydrogen) atoms. The summed E-state index contributed by atoms with van der Waals surface area (Å²) in [4.78, 5) is 15.3. The van der Waals surface area contributed by atoms with Gasteiger partial charge in [0.25, 0.3) is 0 Å². The van der Waals surface area contributed by atoms with Gasteiger partial charge in [-0.2, -0.15) is 0 Å². The molecule has 0 radical (unpaired) electrons. The summed E-state index contributed by atoms with van der Waals surface area (Å²) in [6.07, 6.45) is 0. The Balaban J connectivity index is 0.000000237. The number of anilines is 2. The van der Waals surface area contributed by atoms with Crippen LogP contribution in [0.3, 0.4) is 0 Å². The molecule has 0 bridgehead atoms. The molecule has 0 aliphatic rings. The van der Waals surface area contributed by atoms with Gasteiger partial charge in [-0.3, -0.25) is 4.72 Å². The predicted molar refractivity (Wildman–Crippen MR) is 117 cm³/mol. The van der Waals surface area contributed by atoms with Gasteiger partial charge in [0.1, 0.15) is 10.6 Å². The quantitative estimate of drug-likeness (QED) is 0.430. The average Bonchev–Trinajstić information content (AvgIpc) is 3.05. The predicted octanol–water partition coefficient (Wildman–Crippen LogP) is 4.83. The van der Waals surface area contributed by atoms with Crippen molar-refractivity contribution >= 4 is 40.9 Å². The van der Waals surface area contributed by atoms with Crippen LogP contribution in [-0.2, 0) is 6.54 Å². The van der Waals surface area contributed by atoms with Crippen LogP contribution < -0.4 is 14.8 Å². The summed E-state index contributed by atoms with van der Waals surface area (Å²) >= 11 is 5.01. The molecule has 1 heterocycles. The minimum Gasteiger partial charge on any atom is -0.495 e. The van der Waals surface area contributed by atoms with Gasteiger partial charge in [0.15, 0.2) is 5.13 Å². The molecule has 0 aliphatic heterocycles. The number of thiazole rings is 1. The van der Waals surface area contributed by atoms with Crippen LogP contribution in [0.15, 0.2) is 48.5 Å². The lowest BCUT2D eigenvalue weighted by Crippen LogP contribution is -1.97. The minimum absolute atomic E-state index is 0.243. The SMILES string of the molecule is COc1ccccc1Nc1nc(C)c(C(=O)O)s1.Cc1ccc(CNS)cc1. The van der Waals surface area contributed by atoms with E-state index in [-0.39, 0.29) is 4.88 Å². The number of carboxylic acid groups (broad SMARTS) is 1. The molecule has 2 aromatic carbocycles. The van der Waals surface area contributed by atoms with Crippen LogP contribution in [0.2, 0.25) is 0 Å². The van der Waals surface area contributed by atoms with Crippen LogP contribution in [0, 0.1) is 13.8 Å². The molecule has 0 saturated carbocycles. The first-order chi connectivity index (χ1) is 13.4.